The first kappa shape index (κ1) is 13.1. The number of hydrogen-bond acceptors (Lipinski definition) is 3. The summed E-state index contributed by atoms with van der Waals surface area (Å²) in [7, 11) is 0. The molecule has 0 saturated heterocycles. The summed E-state index contributed by atoms with van der Waals surface area (Å²) in [5.41, 5.74) is 1.69. The van der Waals surface area contributed by atoms with Crippen LogP contribution in [-0.4, -0.2) is 10.9 Å². The van der Waals surface area contributed by atoms with Crippen molar-refractivity contribution in [3.8, 4) is 0 Å². The molecule has 2 rings (SSSR count). The Labute approximate surface area is 112 Å². The minimum Gasteiger partial charge on any atom is -0.340 e. The summed E-state index contributed by atoms with van der Waals surface area (Å²) >= 11 is 0. The summed E-state index contributed by atoms with van der Waals surface area (Å²) in [6.07, 6.45) is 1.64. The predicted molar refractivity (Wildman–Crippen MR) is 77.4 cm³/mol. The van der Waals surface area contributed by atoms with Crippen LogP contribution in [0.25, 0.3) is 0 Å². The van der Waals surface area contributed by atoms with Crippen molar-refractivity contribution in [3.63, 3.8) is 0 Å². The largest absolute Gasteiger partial charge is 0.340 e. The van der Waals surface area contributed by atoms with E-state index in [1.165, 1.54) is 0 Å². The molecule has 4 nitrogen and oxygen atoms in total. The van der Waals surface area contributed by atoms with Crippen LogP contribution in [0, 0.1) is 5.92 Å². The Balaban J connectivity index is 2.01. The first-order valence-corrected chi connectivity index (χ1v) is 6.24. The van der Waals surface area contributed by atoms with E-state index in [1.807, 2.05) is 56.3 Å². The van der Waals surface area contributed by atoms with Crippen LogP contribution in [0.1, 0.15) is 13.8 Å². The van der Waals surface area contributed by atoms with Crippen LogP contribution < -0.4 is 10.6 Å². The molecule has 0 atom stereocenters. The normalized spacial score (nSPS) is 10.3. The second-order valence-electron chi connectivity index (χ2n) is 4.57. The summed E-state index contributed by atoms with van der Waals surface area (Å²) in [6.45, 7) is 3.71. The van der Waals surface area contributed by atoms with E-state index < -0.39 is 0 Å². The highest BCUT2D eigenvalue weighted by Gasteiger charge is 2.06. The van der Waals surface area contributed by atoms with E-state index in [1.54, 1.807) is 6.20 Å². The Kier molecular flexibility index (Phi) is 4.13. The van der Waals surface area contributed by atoms with Gasteiger partial charge in [-0.15, -0.1) is 0 Å². The second kappa shape index (κ2) is 6.00. The average molecular weight is 255 g/mol. The third-order valence-corrected chi connectivity index (χ3v) is 2.60. The lowest BCUT2D eigenvalue weighted by atomic mass is 10.2. The van der Waals surface area contributed by atoms with E-state index in [4.69, 9.17) is 0 Å². The molecule has 0 fully saturated rings. The molecule has 98 valence electrons. The van der Waals surface area contributed by atoms with Crippen LogP contribution in [0.15, 0.2) is 48.7 Å². The smallest absolute Gasteiger partial charge is 0.226 e. The highest BCUT2D eigenvalue weighted by Crippen LogP contribution is 2.15. The number of anilines is 3. The molecule has 1 aromatic carbocycles. The maximum atomic E-state index is 11.5. The molecule has 0 aliphatic rings. The van der Waals surface area contributed by atoms with Gasteiger partial charge in [-0.1, -0.05) is 32.0 Å². The number of hydrogen-bond donors (Lipinski definition) is 2. The fourth-order valence-electron chi connectivity index (χ4n) is 1.50. The lowest BCUT2D eigenvalue weighted by molar-refractivity contribution is -0.118. The van der Waals surface area contributed by atoms with Gasteiger partial charge < -0.3 is 10.6 Å². The maximum absolute atomic E-state index is 11.5. The highest BCUT2D eigenvalue weighted by atomic mass is 16.1. The minimum absolute atomic E-state index is 0.00873. The van der Waals surface area contributed by atoms with Gasteiger partial charge in [0.05, 0.1) is 11.9 Å². The van der Waals surface area contributed by atoms with Crippen molar-refractivity contribution in [1.29, 1.82) is 0 Å². The molecular formula is C15H17N3O. The summed E-state index contributed by atoms with van der Waals surface area (Å²) < 4.78 is 0. The molecule has 0 aliphatic carbocycles. The van der Waals surface area contributed by atoms with Gasteiger partial charge in [-0.2, -0.15) is 0 Å². The van der Waals surface area contributed by atoms with Gasteiger partial charge in [-0.3, -0.25) is 4.79 Å². The van der Waals surface area contributed by atoms with Crippen molar-refractivity contribution < 1.29 is 4.79 Å². The van der Waals surface area contributed by atoms with Crippen molar-refractivity contribution in [2.45, 2.75) is 13.8 Å². The number of para-hydroxylation sites is 1. The lowest BCUT2D eigenvalue weighted by Gasteiger charge is -2.09. The summed E-state index contributed by atoms with van der Waals surface area (Å²) in [6, 6.07) is 13.5. The molecule has 1 heterocycles. The number of benzene rings is 1. The molecule has 0 aliphatic heterocycles. The maximum Gasteiger partial charge on any atom is 0.226 e. The van der Waals surface area contributed by atoms with E-state index >= 15 is 0 Å². The molecule has 4 heteroatoms. The van der Waals surface area contributed by atoms with Gasteiger partial charge in [0.15, 0.2) is 0 Å². The van der Waals surface area contributed by atoms with Gasteiger partial charge in [0, 0.05) is 11.6 Å². The Bertz CT molecular complexity index is 535. The molecule has 0 bridgehead atoms. The Morgan fingerprint density at radius 2 is 1.79 bits per heavy atom. The van der Waals surface area contributed by atoms with Gasteiger partial charge in [0.2, 0.25) is 5.91 Å². The zero-order valence-electron chi connectivity index (χ0n) is 11.1. The second-order valence-corrected chi connectivity index (χ2v) is 4.57. The molecular weight excluding hydrogens is 238 g/mol. The molecule has 0 radical (unpaired) electrons. The fourth-order valence-corrected chi connectivity index (χ4v) is 1.50. The van der Waals surface area contributed by atoms with Gasteiger partial charge in [-0.05, 0) is 24.3 Å². The third kappa shape index (κ3) is 3.81. The third-order valence-electron chi connectivity index (χ3n) is 2.60. The summed E-state index contributed by atoms with van der Waals surface area (Å²) in [5, 5.41) is 5.99. The quantitative estimate of drug-likeness (QED) is 0.880. The number of pyridine rings is 1. The number of nitrogens with one attached hydrogen (secondary N) is 2. The molecule has 0 spiro atoms. The SMILES string of the molecule is CC(C)C(=O)Nc1ccc(Nc2ccccc2)nc1. The van der Waals surface area contributed by atoms with Crippen molar-refractivity contribution in [1.82, 2.24) is 4.98 Å². The molecule has 19 heavy (non-hydrogen) atoms. The van der Waals surface area contributed by atoms with Gasteiger partial charge in [-0.25, -0.2) is 4.98 Å². The Hall–Kier alpha value is -2.36. The number of nitrogens with zero attached hydrogens (tertiary/aromatic N) is 1. The topological polar surface area (TPSA) is 54.0 Å². The average Bonchev–Trinajstić information content (AvgIpc) is 2.42. The van der Waals surface area contributed by atoms with E-state index in [-0.39, 0.29) is 11.8 Å². The monoisotopic (exact) mass is 255 g/mol. The van der Waals surface area contributed by atoms with Crippen molar-refractivity contribution >= 4 is 23.1 Å². The van der Waals surface area contributed by atoms with Crippen LogP contribution in [-0.2, 0) is 4.79 Å². The van der Waals surface area contributed by atoms with Gasteiger partial charge >= 0.3 is 0 Å². The van der Waals surface area contributed by atoms with Crippen LogP contribution in [0.2, 0.25) is 0 Å². The summed E-state index contributed by atoms with van der Waals surface area (Å²) in [4.78, 5) is 15.8. The standard InChI is InChI=1S/C15H17N3O/c1-11(2)15(19)18-13-8-9-14(16-10-13)17-12-6-4-3-5-7-12/h3-11H,1-2H3,(H,16,17)(H,18,19). The van der Waals surface area contributed by atoms with Crippen LogP contribution in [0.4, 0.5) is 17.2 Å². The highest BCUT2D eigenvalue weighted by molar-refractivity contribution is 5.91. The predicted octanol–water partition coefficient (Wildman–Crippen LogP) is 3.42. The number of aromatic nitrogens is 1. The molecule has 0 unspecified atom stereocenters. The Morgan fingerprint density at radius 1 is 1.05 bits per heavy atom. The van der Waals surface area contributed by atoms with Crippen molar-refractivity contribution in [2.75, 3.05) is 10.6 Å². The van der Waals surface area contributed by atoms with Crippen molar-refractivity contribution in [2.24, 2.45) is 5.92 Å². The molecule has 2 N–H and O–H groups in total. The van der Waals surface area contributed by atoms with E-state index in [0.717, 1.165) is 11.5 Å². The number of amides is 1. The molecule has 2 aromatic rings. The molecule has 1 amide bonds. The zero-order valence-corrected chi connectivity index (χ0v) is 11.1. The van der Waals surface area contributed by atoms with E-state index in [9.17, 15) is 4.79 Å². The molecule has 0 saturated carbocycles. The van der Waals surface area contributed by atoms with Crippen molar-refractivity contribution in [3.05, 3.63) is 48.7 Å². The zero-order chi connectivity index (χ0) is 13.7. The van der Waals surface area contributed by atoms with Gasteiger partial charge in [0.1, 0.15) is 5.82 Å². The van der Waals surface area contributed by atoms with Crippen LogP contribution in [0.3, 0.4) is 0 Å². The molecule has 1 aromatic heterocycles. The fraction of sp³-hybridized carbons (Fsp3) is 0.200. The number of carbonyl (C=O) groups is 1. The number of carbonyl (C=O) groups excluding carboxylic acids is 1. The first-order valence-electron chi connectivity index (χ1n) is 6.24. The van der Waals surface area contributed by atoms with E-state index in [0.29, 0.717) is 5.69 Å². The van der Waals surface area contributed by atoms with Crippen LogP contribution in [0.5, 0.6) is 0 Å². The van der Waals surface area contributed by atoms with E-state index in [2.05, 4.69) is 15.6 Å². The Morgan fingerprint density at radius 3 is 2.37 bits per heavy atom. The lowest BCUT2D eigenvalue weighted by Crippen LogP contribution is -2.17. The van der Waals surface area contributed by atoms with Crippen LogP contribution >= 0.6 is 0 Å². The first-order chi connectivity index (χ1) is 9.15. The summed E-state index contributed by atoms with van der Waals surface area (Å²) in [5.74, 6) is 0.696. The van der Waals surface area contributed by atoms with Gasteiger partial charge in [0.25, 0.3) is 0 Å². The number of rotatable bonds is 4. The minimum atomic E-state index is -0.0397.